The second-order valence-electron chi connectivity index (χ2n) is 9.06. The summed E-state index contributed by atoms with van der Waals surface area (Å²) in [5.41, 5.74) is 10.9. The largest absolute Gasteiger partial charge is 4.00 e. The van der Waals surface area contributed by atoms with Gasteiger partial charge in [0.25, 0.3) is 0 Å². The molecule has 6 rings (SSSR count). The number of halogens is 2. The van der Waals surface area contributed by atoms with Crippen LogP contribution in [0.2, 0.25) is 0 Å². The summed E-state index contributed by atoms with van der Waals surface area (Å²) in [5.74, 6) is 0. The van der Waals surface area contributed by atoms with Crippen molar-refractivity contribution in [3.63, 3.8) is 0 Å². The summed E-state index contributed by atoms with van der Waals surface area (Å²) < 4.78 is 0. The van der Waals surface area contributed by atoms with Crippen molar-refractivity contribution in [1.82, 2.24) is 0 Å². The fourth-order valence-corrected chi connectivity index (χ4v) is 5.44. The van der Waals surface area contributed by atoms with Gasteiger partial charge >= 0.3 is 26.2 Å². The molecule has 0 bridgehead atoms. The van der Waals surface area contributed by atoms with Crippen molar-refractivity contribution in [2.24, 2.45) is 0 Å². The van der Waals surface area contributed by atoms with Gasteiger partial charge in [-0.1, -0.05) is 104 Å². The second-order valence-corrected chi connectivity index (χ2v) is 9.06. The monoisotopic (exact) mass is 582 g/mol. The van der Waals surface area contributed by atoms with E-state index < -0.39 is 0 Å². The molecular weight excluding hydrogens is 558 g/mol. The molecule has 0 fully saturated rings. The van der Waals surface area contributed by atoms with Crippen LogP contribution in [0.3, 0.4) is 0 Å². The molecule has 0 aromatic heterocycles. The van der Waals surface area contributed by atoms with Crippen molar-refractivity contribution >= 4 is 21.5 Å². The third-order valence-electron chi connectivity index (χ3n) is 7.02. The molecule has 176 valence electrons. The van der Waals surface area contributed by atoms with Crippen molar-refractivity contribution < 1.29 is 51.0 Å². The van der Waals surface area contributed by atoms with E-state index in [9.17, 15) is 0 Å². The Morgan fingerprint density at radius 1 is 0.500 bits per heavy atom. The molecule has 0 aliphatic heterocycles. The summed E-state index contributed by atoms with van der Waals surface area (Å²) in [6.45, 7) is 4.53. The zero-order chi connectivity index (χ0) is 22.4. The molecule has 0 aliphatic carbocycles. The summed E-state index contributed by atoms with van der Waals surface area (Å²) in [6.07, 6.45) is 0.943. The number of fused-ring (bicyclic) bond motifs is 2. The van der Waals surface area contributed by atoms with Gasteiger partial charge in [-0.3, -0.25) is 0 Å². The number of hydrogen-bond donors (Lipinski definition) is 0. The summed E-state index contributed by atoms with van der Waals surface area (Å²) in [5, 5.41) is 5.46. The maximum atomic E-state index is 2.36. The van der Waals surface area contributed by atoms with Gasteiger partial charge in [0.1, 0.15) is 0 Å². The van der Waals surface area contributed by atoms with Crippen LogP contribution in [0.5, 0.6) is 0 Å². The molecular formula is C33H26Cl2Zr. The molecule has 36 heavy (non-hydrogen) atoms. The van der Waals surface area contributed by atoms with Gasteiger partial charge in [0, 0.05) is 0 Å². The van der Waals surface area contributed by atoms with Crippen molar-refractivity contribution in [2.45, 2.75) is 20.3 Å². The van der Waals surface area contributed by atoms with Crippen molar-refractivity contribution in [3.8, 4) is 22.3 Å². The second kappa shape index (κ2) is 11.7. The molecule has 0 N–H and O–H groups in total. The topological polar surface area (TPSA) is 0 Å². The Balaban J connectivity index is 0.00000120. The Morgan fingerprint density at radius 2 is 0.889 bits per heavy atom. The van der Waals surface area contributed by atoms with Crippen LogP contribution in [-0.4, -0.2) is 0 Å². The summed E-state index contributed by atoms with van der Waals surface area (Å²) in [7, 11) is 0. The molecule has 0 saturated carbocycles. The smallest absolute Gasteiger partial charge is 1.00 e. The molecule has 0 saturated heterocycles. The summed E-state index contributed by atoms with van der Waals surface area (Å²) in [6, 6.07) is 39.7. The quantitative estimate of drug-likeness (QED) is 0.280. The van der Waals surface area contributed by atoms with Crippen molar-refractivity contribution in [1.29, 1.82) is 0 Å². The van der Waals surface area contributed by atoms with E-state index in [1.165, 1.54) is 66.1 Å². The first-order valence-corrected chi connectivity index (χ1v) is 11.7. The van der Waals surface area contributed by atoms with Crippen molar-refractivity contribution in [2.75, 3.05) is 0 Å². The van der Waals surface area contributed by atoms with Crippen LogP contribution in [0.25, 0.3) is 43.8 Å². The SMILES string of the molecule is Cc1[cH-]c2cccc(-c3ccccc3)c2c1Cc1c(C)[cH-]c2cccc(-c3ccccc3)c12.[Cl-].[Cl-].[Zr+4]. The van der Waals surface area contributed by atoms with Crippen LogP contribution in [-0.2, 0) is 32.6 Å². The van der Waals surface area contributed by atoms with Gasteiger partial charge in [0.2, 0.25) is 0 Å². The fourth-order valence-electron chi connectivity index (χ4n) is 5.44. The predicted molar refractivity (Wildman–Crippen MR) is 142 cm³/mol. The van der Waals surface area contributed by atoms with Crippen LogP contribution >= 0.6 is 0 Å². The van der Waals surface area contributed by atoms with Gasteiger partial charge in [-0.2, -0.15) is 11.1 Å². The zero-order valence-electron chi connectivity index (χ0n) is 20.4. The molecule has 6 aromatic carbocycles. The Bertz CT molecular complexity index is 1470. The van der Waals surface area contributed by atoms with Gasteiger partial charge in [0.05, 0.1) is 0 Å². The van der Waals surface area contributed by atoms with E-state index in [0.717, 1.165) is 6.42 Å². The molecule has 0 aliphatic rings. The third-order valence-corrected chi connectivity index (χ3v) is 7.02. The van der Waals surface area contributed by atoms with Crippen LogP contribution in [0.1, 0.15) is 22.3 Å². The Hall–Kier alpha value is -2.44. The fraction of sp³-hybridized carbons (Fsp3) is 0.0909. The van der Waals surface area contributed by atoms with E-state index in [1.54, 1.807) is 0 Å². The zero-order valence-corrected chi connectivity index (χ0v) is 24.3. The average Bonchev–Trinajstić information content (AvgIpc) is 3.35. The van der Waals surface area contributed by atoms with Gasteiger partial charge in [-0.15, -0.1) is 69.1 Å². The maximum Gasteiger partial charge on any atom is 4.00 e. The number of aryl methyl sites for hydroxylation is 2. The maximum absolute atomic E-state index is 2.36. The number of rotatable bonds is 4. The van der Waals surface area contributed by atoms with Crippen molar-refractivity contribution in [3.05, 3.63) is 131 Å². The predicted octanol–water partition coefficient (Wildman–Crippen LogP) is 2.98. The third kappa shape index (κ3) is 4.90. The van der Waals surface area contributed by atoms with Gasteiger partial charge in [0.15, 0.2) is 0 Å². The standard InChI is InChI=1S/C33H26.2ClH.Zr/c1-22-19-26-15-9-17-28(24-11-5-3-6-12-24)32(26)30(22)21-31-23(2)20-27-16-10-18-29(33(27)31)25-13-7-4-8-14-25;;;/h3-20H,21H2,1-2H3;2*1H;/q-2;;;+4/p-2. The Morgan fingerprint density at radius 3 is 1.28 bits per heavy atom. The normalized spacial score (nSPS) is 10.5. The van der Waals surface area contributed by atoms with Crippen LogP contribution in [0, 0.1) is 13.8 Å². The average molecular weight is 585 g/mol. The van der Waals surface area contributed by atoms with Crippen LogP contribution < -0.4 is 24.8 Å². The van der Waals surface area contributed by atoms with E-state index in [1.807, 2.05) is 0 Å². The minimum atomic E-state index is 0. The molecule has 0 heterocycles. The van der Waals surface area contributed by atoms with Gasteiger partial charge in [-0.05, 0) is 11.1 Å². The minimum Gasteiger partial charge on any atom is -1.00 e. The Labute approximate surface area is 245 Å². The molecule has 0 nitrogen and oxygen atoms in total. The first-order chi connectivity index (χ1) is 16.2. The molecule has 6 aromatic rings. The molecule has 0 radical (unpaired) electrons. The Kier molecular flexibility index (Phi) is 9.18. The summed E-state index contributed by atoms with van der Waals surface area (Å²) >= 11 is 0. The first-order valence-electron chi connectivity index (χ1n) is 11.7. The molecule has 0 unspecified atom stereocenters. The van der Waals surface area contributed by atoms with Crippen LogP contribution in [0.4, 0.5) is 0 Å². The number of hydrogen-bond acceptors (Lipinski definition) is 0. The van der Waals surface area contributed by atoms with E-state index in [4.69, 9.17) is 0 Å². The molecule has 3 heteroatoms. The van der Waals surface area contributed by atoms with E-state index >= 15 is 0 Å². The minimum absolute atomic E-state index is 0. The van der Waals surface area contributed by atoms with E-state index in [2.05, 4.69) is 123 Å². The van der Waals surface area contributed by atoms with Crippen LogP contribution in [0.15, 0.2) is 109 Å². The summed E-state index contributed by atoms with van der Waals surface area (Å²) in [4.78, 5) is 0. The van der Waals surface area contributed by atoms with E-state index in [0.29, 0.717) is 0 Å². The van der Waals surface area contributed by atoms with E-state index in [-0.39, 0.29) is 51.0 Å². The van der Waals surface area contributed by atoms with Gasteiger partial charge < -0.3 is 24.8 Å². The molecule has 0 spiro atoms. The van der Waals surface area contributed by atoms with Gasteiger partial charge in [-0.25, -0.2) is 0 Å². The first kappa shape index (κ1) is 28.1. The number of benzene rings is 4. The molecule has 0 amide bonds. The molecule has 0 atom stereocenters.